The zero-order chi connectivity index (χ0) is 14.2. The Kier molecular flexibility index (Phi) is 3.30. The maximum Gasteiger partial charge on any atom is 0.305 e. The first-order valence-corrected chi connectivity index (χ1v) is 6.34. The van der Waals surface area contributed by atoms with Crippen LogP contribution >= 0.6 is 0 Å². The number of aryl methyl sites for hydroxylation is 2. The van der Waals surface area contributed by atoms with Crippen molar-refractivity contribution in [1.82, 2.24) is 14.5 Å². The average Bonchev–Trinajstić information content (AvgIpc) is 2.63. The van der Waals surface area contributed by atoms with Crippen molar-refractivity contribution in [2.75, 3.05) is 0 Å². The van der Waals surface area contributed by atoms with E-state index in [1.807, 2.05) is 17.6 Å². The standard InChI is InChI=1S/C14H19N3O2/c1-9-7-10-12(15-8-9)17(6-5-11(18)19)13(16-10)14(2,3)4/h7-8H,5-6H2,1-4H3,(H,18,19). The highest BCUT2D eigenvalue weighted by molar-refractivity contribution is 5.73. The molecule has 0 spiro atoms. The second-order valence-corrected chi connectivity index (χ2v) is 5.84. The summed E-state index contributed by atoms with van der Waals surface area (Å²) in [7, 11) is 0. The van der Waals surface area contributed by atoms with Gasteiger partial charge in [-0.05, 0) is 18.6 Å². The lowest BCUT2D eigenvalue weighted by atomic mass is 9.95. The van der Waals surface area contributed by atoms with E-state index in [4.69, 9.17) is 5.11 Å². The first-order valence-electron chi connectivity index (χ1n) is 6.34. The van der Waals surface area contributed by atoms with Gasteiger partial charge in [0.15, 0.2) is 5.65 Å². The van der Waals surface area contributed by atoms with Crippen molar-refractivity contribution in [2.24, 2.45) is 0 Å². The number of carboxylic acids is 1. The molecule has 102 valence electrons. The number of fused-ring (bicyclic) bond motifs is 1. The first-order chi connectivity index (χ1) is 8.79. The molecule has 0 bridgehead atoms. The minimum absolute atomic E-state index is 0.0735. The largest absolute Gasteiger partial charge is 0.481 e. The number of aromatic nitrogens is 3. The van der Waals surface area contributed by atoms with E-state index < -0.39 is 5.97 Å². The molecule has 5 nitrogen and oxygen atoms in total. The number of pyridine rings is 1. The van der Waals surface area contributed by atoms with E-state index in [1.165, 1.54) is 0 Å². The van der Waals surface area contributed by atoms with Gasteiger partial charge in [0.05, 0.1) is 6.42 Å². The van der Waals surface area contributed by atoms with E-state index in [2.05, 4.69) is 30.7 Å². The van der Waals surface area contributed by atoms with Gasteiger partial charge in [0.2, 0.25) is 0 Å². The van der Waals surface area contributed by atoms with Crippen LogP contribution in [0.4, 0.5) is 0 Å². The third kappa shape index (κ3) is 2.75. The SMILES string of the molecule is Cc1cnc2c(c1)nc(C(C)(C)C)n2CCC(=O)O. The van der Waals surface area contributed by atoms with E-state index in [1.54, 1.807) is 6.20 Å². The summed E-state index contributed by atoms with van der Waals surface area (Å²) in [4.78, 5) is 19.8. The summed E-state index contributed by atoms with van der Waals surface area (Å²) in [5, 5.41) is 8.87. The smallest absolute Gasteiger partial charge is 0.305 e. The number of hydrogen-bond donors (Lipinski definition) is 1. The second-order valence-electron chi connectivity index (χ2n) is 5.84. The molecule has 0 radical (unpaired) electrons. The van der Waals surface area contributed by atoms with Crippen molar-refractivity contribution in [2.45, 2.75) is 46.1 Å². The topological polar surface area (TPSA) is 68.0 Å². The van der Waals surface area contributed by atoms with Crippen molar-refractivity contribution in [3.8, 4) is 0 Å². The number of hydrogen-bond acceptors (Lipinski definition) is 3. The fraction of sp³-hybridized carbons (Fsp3) is 0.500. The quantitative estimate of drug-likeness (QED) is 0.921. The van der Waals surface area contributed by atoms with E-state index in [0.717, 1.165) is 22.6 Å². The zero-order valence-corrected chi connectivity index (χ0v) is 11.8. The molecule has 19 heavy (non-hydrogen) atoms. The Morgan fingerprint density at radius 3 is 2.68 bits per heavy atom. The van der Waals surface area contributed by atoms with Crippen molar-refractivity contribution in [1.29, 1.82) is 0 Å². The van der Waals surface area contributed by atoms with Crippen LogP contribution < -0.4 is 0 Å². The van der Waals surface area contributed by atoms with Crippen molar-refractivity contribution in [3.63, 3.8) is 0 Å². The maximum absolute atomic E-state index is 10.8. The Morgan fingerprint density at radius 2 is 2.11 bits per heavy atom. The van der Waals surface area contributed by atoms with Gasteiger partial charge in [-0.1, -0.05) is 20.8 Å². The average molecular weight is 261 g/mol. The molecule has 0 saturated heterocycles. The number of carboxylic acid groups (broad SMARTS) is 1. The summed E-state index contributed by atoms with van der Waals surface area (Å²) in [6, 6.07) is 1.98. The molecule has 0 atom stereocenters. The monoisotopic (exact) mass is 261 g/mol. The molecule has 0 aliphatic heterocycles. The lowest BCUT2D eigenvalue weighted by Gasteiger charge is -2.19. The highest BCUT2D eigenvalue weighted by atomic mass is 16.4. The molecule has 0 aromatic carbocycles. The van der Waals surface area contributed by atoms with Gasteiger partial charge in [0, 0.05) is 18.2 Å². The Hall–Kier alpha value is -1.91. The Morgan fingerprint density at radius 1 is 1.42 bits per heavy atom. The van der Waals surface area contributed by atoms with Crippen LogP contribution in [0.15, 0.2) is 12.3 Å². The van der Waals surface area contributed by atoms with Gasteiger partial charge >= 0.3 is 5.97 Å². The van der Waals surface area contributed by atoms with Crippen LogP contribution in [0.3, 0.4) is 0 Å². The van der Waals surface area contributed by atoms with E-state index in [-0.39, 0.29) is 11.8 Å². The van der Waals surface area contributed by atoms with Crippen LogP contribution in [-0.2, 0) is 16.8 Å². The molecular weight excluding hydrogens is 242 g/mol. The molecule has 2 heterocycles. The number of imidazole rings is 1. The van der Waals surface area contributed by atoms with Gasteiger partial charge < -0.3 is 9.67 Å². The number of carbonyl (C=O) groups is 1. The van der Waals surface area contributed by atoms with E-state index in [9.17, 15) is 4.79 Å². The first kappa shape index (κ1) is 13.5. The number of aliphatic carboxylic acids is 1. The summed E-state index contributed by atoms with van der Waals surface area (Å²) < 4.78 is 1.92. The van der Waals surface area contributed by atoms with Crippen LogP contribution in [0.2, 0.25) is 0 Å². The fourth-order valence-electron chi connectivity index (χ4n) is 2.10. The summed E-state index contributed by atoms with van der Waals surface area (Å²) in [5.74, 6) is 0.0654. The molecule has 1 N–H and O–H groups in total. The van der Waals surface area contributed by atoms with Crippen molar-refractivity contribution < 1.29 is 9.90 Å². The van der Waals surface area contributed by atoms with Gasteiger partial charge in [0.25, 0.3) is 0 Å². The third-order valence-corrected chi connectivity index (χ3v) is 2.94. The third-order valence-electron chi connectivity index (χ3n) is 2.94. The zero-order valence-electron chi connectivity index (χ0n) is 11.8. The molecule has 0 amide bonds. The Labute approximate surface area is 112 Å². The van der Waals surface area contributed by atoms with Crippen LogP contribution in [-0.4, -0.2) is 25.6 Å². The minimum Gasteiger partial charge on any atom is -0.481 e. The highest BCUT2D eigenvalue weighted by Crippen LogP contribution is 2.26. The van der Waals surface area contributed by atoms with E-state index >= 15 is 0 Å². The van der Waals surface area contributed by atoms with Crippen LogP contribution in [0.25, 0.3) is 11.2 Å². The molecule has 0 saturated carbocycles. The second kappa shape index (κ2) is 4.64. The van der Waals surface area contributed by atoms with Gasteiger partial charge in [0.1, 0.15) is 11.3 Å². The van der Waals surface area contributed by atoms with E-state index in [0.29, 0.717) is 6.54 Å². The Balaban J connectivity index is 2.58. The molecule has 0 aliphatic rings. The molecule has 2 aromatic heterocycles. The highest BCUT2D eigenvalue weighted by Gasteiger charge is 2.23. The van der Waals surface area contributed by atoms with Gasteiger partial charge in [-0.15, -0.1) is 0 Å². The van der Waals surface area contributed by atoms with Gasteiger partial charge in [-0.25, -0.2) is 9.97 Å². The molecule has 0 unspecified atom stereocenters. The maximum atomic E-state index is 10.8. The summed E-state index contributed by atoms with van der Waals surface area (Å²) in [6.07, 6.45) is 1.86. The van der Waals surface area contributed by atoms with Crippen LogP contribution in [0.1, 0.15) is 38.6 Å². The molecule has 2 aromatic rings. The number of nitrogens with zero attached hydrogens (tertiary/aromatic N) is 3. The number of rotatable bonds is 3. The predicted octanol–water partition coefficient (Wildman–Crippen LogP) is 2.51. The Bertz CT molecular complexity index is 623. The fourth-order valence-corrected chi connectivity index (χ4v) is 2.10. The van der Waals surface area contributed by atoms with Crippen LogP contribution in [0, 0.1) is 6.92 Å². The molecule has 0 fully saturated rings. The summed E-state index contributed by atoms with van der Waals surface area (Å²) in [6.45, 7) is 8.57. The van der Waals surface area contributed by atoms with Gasteiger partial charge in [-0.3, -0.25) is 4.79 Å². The van der Waals surface area contributed by atoms with Gasteiger partial charge in [-0.2, -0.15) is 0 Å². The lowest BCUT2D eigenvalue weighted by Crippen LogP contribution is -2.20. The lowest BCUT2D eigenvalue weighted by molar-refractivity contribution is -0.137. The van der Waals surface area contributed by atoms with Crippen molar-refractivity contribution in [3.05, 3.63) is 23.7 Å². The molecular formula is C14H19N3O2. The predicted molar refractivity (Wildman–Crippen MR) is 73.2 cm³/mol. The molecule has 2 rings (SSSR count). The summed E-state index contributed by atoms with van der Waals surface area (Å²) >= 11 is 0. The summed E-state index contributed by atoms with van der Waals surface area (Å²) in [5.41, 5.74) is 2.50. The van der Waals surface area contributed by atoms with Crippen LogP contribution in [0.5, 0.6) is 0 Å². The minimum atomic E-state index is -0.811. The molecule has 0 aliphatic carbocycles. The molecule has 5 heteroatoms. The van der Waals surface area contributed by atoms with Crippen molar-refractivity contribution >= 4 is 17.1 Å². The normalized spacial score (nSPS) is 12.0.